The molecule has 0 aliphatic heterocycles. The Bertz CT molecular complexity index is 134. The number of methoxy groups -OCH3 is 1. The molecular formula is C7H13NO2. The standard InChI is InChI=1S/C7H13NO2/c1-10-7-4-2-3-6(5-7)8-9/h7,9H,2-5H2,1H3. The first-order valence-electron chi connectivity index (χ1n) is 3.59. The lowest BCUT2D eigenvalue weighted by molar-refractivity contribution is 0.0931. The second kappa shape index (κ2) is 3.56. The van der Waals surface area contributed by atoms with E-state index in [1.54, 1.807) is 7.11 Å². The number of oxime groups is 1. The number of hydrogen-bond donors (Lipinski definition) is 1. The SMILES string of the molecule is COC1CCCC(=NO)C1. The average molecular weight is 143 g/mol. The van der Waals surface area contributed by atoms with Gasteiger partial charge in [-0.3, -0.25) is 0 Å². The molecule has 58 valence electrons. The second-order valence-electron chi connectivity index (χ2n) is 2.62. The van der Waals surface area contributed by atoms with Crippen molar-refractivity contribution < 1.29 is 9.94 Å². The van der Waals surface area contributed by atoms with Gasteiger partial charge in [0.1, 0.15) is 0 Å². The summed E-state index contributed by atoms with van der Waals surface area (Å²) in [5, 5.41) is 11.6. The van der Waals surface area contributed by atoms with Crippen molar-refractivity contribution in [1.29, 1.82) is 0 Å². The van der Waals surface area contributed by atoms with E-state index >= 15 is 0 Å². The highest BCUT2D eigenvalue weighted by atomic mass is 16.5. The molecule has 1 atom stereocenters. The summed E-state index contributed by atoms with van der Waals surface area (Å²) in [5.41, 5.74) is 0.873. The third-order valence-electron chi connectivity index (χ3n) is 1.93. The highest BCUT2D eigenvalue weighted by Gasteiger charge is 2.17. The van der Waals surface area contributed by atoms with Crippen molar-refractivity contribution in [2.24, 2.45) is 5.16 Å². The maximum Gasteiger partial charge on any atom is 0.0624 e. The fraction of sp³-hybridized carbons (Fsp3) is 0.857. The van der Waals surface area contributed by atoms with Gasteiger partial charge >= 0.3 is 0 Å². The first-order chi connectivity index (χ1) is 4.86. The van der Waals surface area contributed by atoms with Crippen LogP contribution in [0.4, 0.5) is 0 Å². The summed E-state index contributed by atoms with van der Waals surface area (Å²) in [4.78, 5) is 0. The zero-order valence-corrected chi connectivity index (χ0v) is 6.21. The molecule has 1 N–H and O–H groups in total. The summed E-state index contributed by atoms with van der Waals surface area (Å²) < 4.78 is 5.13. The third kappa shape index (κ3) is 1.70. The highest BCUT2D eigenvalue weighted by Crippen LogP contribution is 2.17. The third-order valence-corrected chi connectivity index (χ3v) is 1.93. The molecule has 0 amide bonds. The number of nitrogens with zero attached hydrogens (tertiary/aromatic N) is 1. The summed E-state index contributed by atoms with van der Waals surface area (Å²) in [7, 11) is 1.70. The van der Waals surface area contributed by atoms with Gasteiger partial charge in [0.15, 0.2) is 0 Å². The van der Waals surface area contributed by atoms with Gasteiger partial charge in [-0.05, 0) is 19.3 Å². The van der Waals surface area contributed by atoms with Crippen molar-refractivity contribution in [3.8, 4) is 0 Å². The van der Waals surface area contributed by atoms with Gasteiger partial charge in [0, 0.05) is 13.5 Å². The molecule has 0 heterocycles. The van der Waals surface area contributed by atoms with E-state index < -0.39 is 0 Å². The largest absolute Gasteiger partial charge is 0.411 e. The predicted octanol–water partition coefficient (Wildman–Crippen LogP) is 1.41. The summed E-state index contributed by atoms with van der Waals surface area (Å²) >= 11 is 0. The lowest BCUT2D eigenvalue weighted by atomic mass is 9.96. The molecule has 1 fully saturated rings. The molecule has 1 aliphatic carbocycles. The van der Waals surface area contributed by atoms with E-state index in [1.165, 1.54) is 0 Å². The monoisotopic (exact) mass is 143 g/mol. The molecule has 1 aliphatic rings. The molecule has 3 heteroatoms. The number of ether oxygens (including phenoxy) is 1. The Morgan fingerprint density at radius 2 is 2.50 bits per heavy atom. The van der Waals surface area contributed by atoms with Crippen LogP contribution in [0, 0.1) is 0 Å². The molecular weight excluding hydrogens is 130 g/mol. The van der Waals surface area contributed by atoms with E-state index in [1.807, 2.05) is 0 Å². The van der Waals surface area contributed by atoms with E-state index in [-0.39, 0.29) is 6.10 Å². The Morgan fingerprint density at radius 3 is 3.10 bits per heavy atom. The minimum Gasteiger partial charge on any atom is -0.411 e. The lowest BCUT2D eigenvalue weighted by Crippen LogP contribution is -2.21. The molecule has 0 saturated heterocycles. The lowest BCUT2D eigenvalue weighted by Gasteiger charge is -2.20. The van der Waals surface area contributed by atoms with Crippen LogP contribution in [0.15, 0.2) is 5.16 Å². The highest BCUT2D eigenvalue weighted by molar-refractivity contribution is 5.84. The number of hydrogen-bond acceptors (Lipinski definition) is 3. The first-order valence-corrected chi connectivity index (χ1v) is 3.59. The van der Waals surface area contributed by atoms with Crippen LogP contribution in [0.1, 0.15) is 25.7 Å². The molecule has 0 aromatic carbocycles. The van der Waals surface area contributed by atoms with Crippen LogP contribution in [0.5, 0.6) is 0 Å². The van der Waals surface area contributed by atoms with Crippen LogP contribution in [-0.2, 0) is 4.74 Å². The van der Waals surface area contributed by atoms with Gasteiger partial charge in [-0.25, -0.2) is 0 Å². The minimum absolute atomic E-state index is 0.277. The van der Waals surface area contributed by atoms with Crippen LogP contribution in [0.3, 0.4) is 0 Å². The van der Waals surface area contributed by atoms with Crippen molar-refractivity contribution in [2.75, 3.05) is 7.11 Å². The fourth-order valence-electron chi connectivity index (χ4n) is 1.29. The summed E-state index contributed by atoms with van der Waals surface area (Å²) in [5.74, 6) is 0. The molecule has 10 heavy (non-hydrogen) atoms. The van der Waals surface area contributed by atoms with E-state index in [0.717, 1.165) is 31.4 Å². The van der Waals surface area contributed by atoms with Crippen molar-refractivity contribution in [3.63, 3.8) is 0 Å². The van der Waals surface area contributed by atoms with Crippen LogP contribution in [-0.4, -0.2) is 24.1 Å². The van der Waals surface area contributed by atoms with Crippen LogP contribution < -0.4 is 0 Å². The zero-order valence-electron chi connectivity index (χ0n) is 6.21. The Hall–Kier alpha value is -0.570. The van der Waals surface area contributed by atoms with E-state index in [2.05, 4.69) is 5.16 Å². The smallest absolute Gasteiger partial charge is 0.0624 e. The van der Waals surface area contributed by atoms with Gasteiger partial charge in [-0.1, -0.05) is 5.16 Å². The van der Waals surface area contributed by atoms with E-state index in [0.29, 0.717) is 0 Å². The van der Waals surface area contributed by atoms with Gasteiger partial charge in [0.05, 0.1) is 11.8 Å². The van der Waals surface area contributed by atoms with Gasteiger partial charge < -0.3 is 9.94 Å². The predicted molar refractivity (Wildman–Crippen MR) is 38.5 cm³/mol. The molecule has 0 aromatic heterocycles. The van der Waals surface area contributed by atoms with Crippen LogP contribution in [0.25, 0.3) is 0 Å². The van der Waals surface area contributed by atoms with Gasteiger partial charge in [0.2, 0.25) is 0 Å². The Labute approximate surface area is 60.7 Å². The van der Waals surface area contributed by atoms with E-state index in [4.69, 9.17) is 9.94 Å². The molecule has 1 rings (SSSR count). The summed E-state index contributed by atoms with van der Waals surface area (Å²) in [6, 6.07) is 0. The quantitative estimate of drug-likeness (QED) is 0.445. The normalized spacial score (nSPS) is 30.9. The second-order valence-corrected chi connectivity index (χ2v) is 2.62. The topological polar surface area (TPSA) is 41.8 Å². The van der Waals surface area contributed by atoms with Crippen LogP contribution >= 0.6 is 0 Å². The summed E-state index contributed by atoms with van der Waals surface area (Å²) in [6.45, 7) is 0. The minimum atomic E-state index is 0.277. The molecule has 1 unspecified atom stereocenters. The maximum atomic E-state index is 8.44. The molecule has 1 saturated carbocycles. The fourth-order valence-corrected chi connectivity index (χ4v) is 1.29. The number of rotatable bonds is 1. The van der Waals surface area contributed by atoms with Crippen molar-refractivity contribution >= 4 is 5.71 Å². The molecule has 0 aromatic rings. The molecule has 0 radical (unpaired) electrons. The Balaban J connectivity index is 2.39. The zero-order chi connectivity index (χ0) is 7.40. The van der Waals surface area contributed by atoms with Crippen molar-refractivity contribution in [2.45, 2.75) is 31.8 Å². The van der Waals surface area contributed by atoms with Gasteiger partial charge in [-0.15, -0.1) is 0 Å². The molecule has 0 spiro atoms. The van der Waals surface area contributed by atoms with Crippen molar-refractivity contribution in [3.05, 3.63) is 0 Å². The Morgan fingerprint density at radius 1 is 1.70 bits per heavy atom. The Kier molecular flexibility index (Phi) is 2.68. The summed E-state index contributed by atoms with van der Waals surface area (Å²) in [6.07, 6.45) is 4.18. The molecule has 0 bridgehead atoms. The van der Waals surface area contributed by atoms with Crippen LogP contribution in [0.2, 0.25) is 0 Å². The van der Waals surface area contributed by atoms with E-state index in [9.17, 15) is 0 Å². The average Bonchev–Trinajstić information content (AvgIpc) is 2.05. The van der Waals surface area contributed by atoms with Gasteiger partial charge in [0.25, 0.3) is 0 Å². The van der Waals surface area contributed by atoms with Gasteiger partial charge in [-0.2, -0.15) is 0 Å². The van der Waals surface area contributed by atoms with Crippen molar-refractivity contribution in [1.82, 2.24) is 0 Å². The first kappa shape index (κ1) is 7.54. The maximum absolute atomic E-state index is 8.44. The molecule has 3 nitrogen and oxygen atoms in total.